The summed E-state index contributed by atoms with van der Waals surface area (Å²) in [6.45, 7) is 8.15. The van der Waals surface area contributed by atoms with Crippen molar-refractivity contribution in [2.24, 2.45) is 0 Å². The number of hydrogen-bond acceptors (Lipinski definition) is 2. The molecule has 1 atom stereocenters. The van der Waals surface area contributed by atoms with Crippen LogP contribution in [0.4, 0.5) is 0 Å². The van der Waals surface area contributed by atoms with E-state index in [9.17, 15) is 0 Å². The van der Waals surface area contributed by atoms with Crippen molar-refractivity contribution in [1.82, 2.24) is 0 Å². The van der Waals surface area contributed by atoms with Gasteiger partial charge in [0.15, 0.2) is 0 Å². The third-order valence-electron chi connectivity index (χ3n) is 6.37. The predicted octanol–water partition coefficient (Wildman–Crippen LogP) is 9.64. The monoisotopic (exact) mass is 458 g/mol. The highest BCUT2D eigenvalue weighted by atomic mass is 16.5. The summed E-state index contributed by atoms with van der Waals surface area (Å²) in [5.41, 5.74) is 6.15. The van der Waals surface area contributed by atoms with Crippen molar-refractivity contribution in [3.05, 3.63) is 78.4 Å². The number of hydrogen-bond donors (Lipinski definition) is 0. The van der Waals surface area contributed by atoms with Crippen LogP contribution in [0.3, 0.4) is 0 Å². The van der Waals surface area contributed by atoms with Gasteiger partial charge in [-0.1, -0.05) is 113 Å². The van der Waals surface area contributed by atoms with Crippen molar-refractivity contribution in [3.63, 3.8) is 0 Å². The lowest BCUT2D eigenvalue weighted by molar-refractivity contribution is 0.0627. The van der Waals surface area contributed by atoms with E-state index in [0.29, 0.717) is 0 Å². The van der Waals surface area contributed by atoms with E-state index in [0.717, 1.165) is 31.8 Å². The van der Waals surface area contributed by atoms with Gasteiger partial charge in [0.1, 0.15) is 5.75 Å². The summed E-state index contributed by atoms with van der Waals surface area (Å²) >= 11 is 0. The van der Waals surface area contributed by atoms with Crippen LogP contribution in [0.25, 0.3) is 22.3 Å². The van der Waals surface area contributed by atoms with E-state index in [1.807, 2.05) is 0 Å². The van der Waals surface area contributed by atoms with Gasteiger partial charge in [0.2, 0.25) is 0 Å². The van der Waals surface area contributed by atoms with Gasteiger partial charge >= 0.3 is 0 Å². The topological polar surface area (TPSA) is 18.5 Å². The van der Waals surface area contributed by atoms with Crippen LogP contribution in [-0.2, 0) is 4.74 Å². The van der Waals surface area contributed by atoms with E-state index >= 15 is 0 Å². The second-order valence-corrected chi connectivity index (χ2v) is 9.17. The van der Waals surface area contributed by atoms with Crippen LogP contribution in [0.2, 0.25) is 0 Å². The summed E-state index contributed by atoms with van der Waals surface area (Å²) in [7, 11) is 0. The molecule has 0 aliphatic heterocycles. The molecule has 0 bridgehead atoms. The first-order valence-corrected chi connectivity index (χ1v) is 13.3. The molecule has 0 amide bonds. The van der Waals surface area contributed by atoms with Crippen molar-refractivity contribution in [3.8, 4) is 28.0 Å². The van der Waals surface area contributed by atoms with E-state index < -0.39 is 0 Å². The molecule has 3 rings (SSSR count). The van der Waals surface area contributed by atoms with Gasteiger partial charge in [-0.15, -0.1) is 0 Å². The highest BCUT2D eigenvalue weighted by Gasteiger charge is 2.10. The van der Waals surface area contributed by atoms with Gasteiger partial charge in [-0.25, -0.2) is 0 Å². The van der Waals surface area contributed by atoms with Gasteiger partial charge in [0, 0.05) is 6.61 Å². The van der Waals surface area contributed by atoms with E-state index in [1.165, 1.54) is 66.3 Å². The standard InChI is InChI=1S/C32H42O2/c1-4-6-7-8-9-10-13-25-33-26(3)27-16-18-28(19-17-27)31-14-11-12-15-32(31)29-20-22-30(23-21-29)34-24-5-2/h11-12,14-23,26H,4-10,13,24-25H2,1-3H3. The molecule has 0 saturated carbocycles. The second-order valence-electron chi connectivity index (χ2n) is 9.17. The molecule has 3 aromatic rings. The molecule has 0 aromatic heterocycles. The summed E-state index contributed by atoms with van der Waals surface area (Å²) in [5, 5.41) is 0. The van der Waals surface area contributed by atoms with Crippen LogP contribution in [0.5, 0.6) is 5.75 Å². The van der Waals surface area contributed by atoms with Crippen LogP contribution < -0.4 is 4.74 Å². The maximum absolute atomic E-state index is 6.12. The molecule has 0 spiro atoms. The quantitative estimate of drug-likeness (QED) is 0.211. The Morgan fingerprint density at radius 2 is 1.15 bits per heavy atom. The minimum absolute atomic E-state index is 0.125. The van der Waals surface area contributed by atoms with Crippen LogP contribution in [0.1, 0.15) is 83.8 Å². The smallest absolute Gasteiger partial charge is 0.119 e. The van der Waals surface area contributed by atoms with E-state index in [2.05, 4.69) is 93.6 Å². The highest BCUT2D eigenvalue weighted by Crippen LogP contribution is 2.33. The maximum atomic E-state index is 6.12. The van der Waals surface area contributed by atoms with Crippen LogP contribution in [0.15, 0.2) is 72.8 Å². The normalized spacial score (nSPS) is 12.0. The van der Waals surface area contributed by atoms with E-state index in [1.54, 1.807) is 0 Å². The Morgan fingerprint density at radius 3 is 1.74 bits per heavy atom. The lowest BCUT2D eigenvalue weighted by Crippen LogP contribution is -2.02. The average molecular weight is 459 g/mol. The van der Waals surface area contributed by atoms with Crippen LogP contribution >= 0.6 is 0 Å². The second kappa shape index (κ2) is 14.6. The van der Waals surface area contributed by atoms with Crippen molar-refractivity contribution in [1.29, 1.82) is 0 Å². The Labute approximate surface area is 207 Å². The van der Waals surface area contributed by atoms with Gasteiger partial charge in [0.05, 0.1) is 12.7 Å². The zero-order valence-corrected chi connectivity index (χ0v) is 21.4. The molecule has 0 saturated heterocycles. The Bertz CT molecular complexity index is 944. The first-order valence-electron chi connectivity index (χ1n) is 13.3. The molecule has 2 heteroatoms. The average Bonchev–Trinajstić information content (AvgIpc) is 2.89. The molecule has 0 aliphatic carbocycles. The van der Waals surface area contributed by atoms with E-state index in [4.69, 9.17) is 9.47 Å². The fraction of sp³-hybridized carbons (Fsp3) is 0.438. The molecule has 182 valence electrons. The Hall–Kier alpha value is -2.58. The Balaban J connectivity index is 1.57. The number of rotatable bonds is 15. The fourth-order valence-corrected chi connectivity index (χ4v) is 4.29. The zero-order valence-electron chi connectivity index (χ0n) is 21.4. The number of unbranched alkanes of at least 4 members (excludes halogenated alkanes) is 6. The predicted molar refractivity (Wildman–Crippen MR) is 145 cm³/mol. The van der Waals surface area contributed by atoms with Crippen LogP contribution in [0, 0.1) is 0 Å². The summed E-state index contributed by atoms with van der Waals surface area (Å²) in [6, 6.07) is 25.9. The Kier molecular flexibility index (Phi) is 11.2. The Morgan fingerprint density at radius 1 is 0.588 bits per heavy atom. The maximum Gasteiger partial charge on any atom is 0.119 e. The number of benzene rings is 3. The third kappa shape index (κ3) is 8.02. The van der Waals surface area contributed by atoms with Crippen molar-refractivity contribution >= 4 is 0 Å². The molecule has 3 aromatic carbocycles. The van der Waals surface area contributed by atoms with Gasteiger partial charge in [-0.05, 0) is 59.7 Å². The molecule has 0 N–H and O–H groups in total. The first kappa shape index (κ1) is 26.0. The van der Waals surface area contributed by atoms with Crippen molar-refractivity contribution in [2.45, 2.75) is 78.2 Å². The van der Waals surface area contributed by atoms with E-state index in [-0.39, 0.29) is 6.10 Å². The molecule has 0 radical (unpaired) electrons. The molecule has 0 aliphatic rings. The van der Waals surface area contributed by atoms with Gasteiger partial charge in [-0.2, -0.15) is 0 Å². The summed E-state index contributed by atoms with van der Waals surface area (Å²) in [6.07, 6.45) is 10.3. The van der Waals surface area contributed by atoms with Crippen LogP contribution in [-0.4, -0.2) is 13.2 Å². The highest BCUT2D eigenvalue weighted by molar-refractivity contribution is 5.83. The molecule has 0 fully saturated rings. The fourth-order valence-electron chi connectivity index (χ4n) is 4.29. The lowest BCUT2D eigenvalue weighted by atomic mass is 9.94. The minimum Gasteiger partial charge on any atom is -0.494 e. The lowest BCUT2D eigenvalue weighted by Gasteiger charge is -2.15. The molecule has 34 heavy (non-hydrogen) atoms. The molecule has 1 unspecified atom stereocenters. The zero-order chi connectivity index (χ0) is 24.0. The summed E-state index contributed by atoms with van der Waals surface area (Å²) in [5.74, 6) is 0.929. The molecular formula is C32H42O2. The summed E-state index contributed by atoms with van der Waals surface area (Å²) in [4.78, 5) is 0. The third-order valence-corrected chi connectivity index (χ3v) is 6.37. The van der Waals surface area contributed by atoms with Gasteiger partial charge in [0.25, 0.3) is 0 Å². The van der Waals surface area contributed by atoms with Gasteiger partial charge in [-0.3, -0.25) is 0 Å². The van der Waals surface area contributed by atoms with Crippen molar-refractivity contribution in [2.75, 3.05) is 13.2 Å². The van der Waals surface area contributed by atoms with Gasteiger partial charge < -0.3 is 9.47 Å². The van der Waals surface area contributed by atoms with Crippen molar-refractivity contribution < 1.29 is 9.47 Å². The minimum atomic E-state index is 0.125. The number of ether oxygens (including phenoxy) is 2. The summed E-state index contributed by atoms with van der Waals surface area (Å²) < 4.78 is 11.9. The molecule has 2 nitrogen and oxygen atoms in total. The largest absolute Gasteiger partial charge is 0.494 e. The first-order chi connectivity index (χ1) is 16.7. The SMILES string of the molecule is CCCCCCCCCOC(C)c1ccc(-c2ccccc2-c2ccc(OCCC)cc2)cc1. The molecular weight excluding hydrogens is 416 g/mol. The molecule has 0 heterocycles.